The molecule has 1 saturated carbocycles. The molecule has 0 radical (unpaired) electrons. The summed E-state index contributed by atoms with van der Waals surface area (Å²) in [5, 5.41) is 0. The normalized spacial score (nSPS) is 18.4. The zero-order valence-electron chi connectivity index (χ0n) is 11.8. The van der Waals surface area contributed by atoms with E-state index in [0.29, 0.717) is 12.5 Å². The average molecular weight is 263 g/mol. The molecule has 1 atom stereocenters. The lowest BCUT2D eigenvalue weighted by Gasteiger charge is -2.29. The van der Waals surface area contributed by atoms with Crippen molar-refractivity contribution in [3.8, 4) is 0 Å². The van der Waals surface area contributed by atoms with Crippen LogP contribution in [0.5, 0.6) is 0 Å². The molecule has 19 heavy (non-hydrogen) atoms. The fourth-order valence-electron chi connectivity index (χ4n) is 2.85. The standard InChI is InChI=1S/C15H25N3O/c1-2-19-14(13-6-4-3-5-7-13)15-17-10-12(8-9-16)11-18-15/h10-11,13-14H,2-9,16H2,1H3. The maximum atomic E-state index is 5.92. The number of nitrogens with zero attached hydrogens (tertiary/aromatic N) is 2. The summed E-state index contributed by atoms with van der Waals surface area (Å²) < 4.78 is 5.92. The third kappa shape index (κ3) is 3.98. The van der Waals surface area contributed by atoms with Gasteiger partial charge in [-0.25, -0.2) is 9.97 Å². The molecule has 1 unspecified atom stereocenters. The Balaban J connectivity index is 2.08. The molecule has 2 rings (SSSR count). The number of hydrogen-bond donors (Lipinski definition) is 1. The second-order valence-corrected chi connectivity index (χ2v) is 5.26. The van der Waals surface area contributed by atoms with E-state index in [1.807, 2.05) is 19.3 Å². The predicted octanol–water partition coefficient (Wildman–Crippen LogP) is 2.64. The van der Waals surface area contributed by atoms with Crippen molar-refractivity contribution >= 4 is 0 Å². The predicted molar refractivity (Wildman–Crippen MR) is 75.7 cm³/mol. The fourth-order valence-corrected chi connectivity index (χ4v) is 2.85. The lowest BCUT2D eigenvalue weighted by Crippen LogP contribution is -2.21. The highest BCUT2D eigenvalue weighted by atomic mass is 16.5. The van der Waals surface area contributed by atoms with E-state index < -0.39 is 0 Å². The molecule has 1 aromatic heterocycles. The van der Waals surface area contributed by atoms with Crippen LogP contribution in [0.1, 0.15) is 56.5 Å². The number of rotatable bonds is 6. The largest absolute Gasteiger partial charge is 0.370 e. The van der Waals surface area contributed by atoms with E-state index in [1.54, 1.807) is 0 Å². The third-order valence-electron chi connectivity index (χ3n) is 3.84. The van der Waals surface area contributed by atoms with Gasteiger partial charge in [-0.15, -0.1) is 0 Å². The summed E-state index contributed by atoms with van der Waals surface area (Å²) in [6.45, 7) is 3.40. The first-order valence-electron chi connectivity index (χ1n) is 7.47. The topological polar surface area (TPSA) is 61.0 Å². The van der Waals surface area contributed by atoms with E-state index in [4.69, 9.17) is 10.5 Å². The van der Waals surface area contributed by atoms with Gasteiger partial charge in [0.25, 0.3) is 0 Å². The lowest BCUT2D eigenvalue weighted by molar-refractivity contribution is -0.000226. The highest BCUT2D eigenvalue weighted by Gasteiger charge is 2.27. The molecule has 1 aromatic rings. The van der Waals surface area contributed by atoms with E-state index in [9.17, 15) is 0 Å². The van der Waals surface area contributed by atoms with Crippen LogP contribution in [0.2, 0.25) is 0 Å². The molecule has 0 aromatic carbocycles. The Labute approximate surface area is 115 Å². The van der Waals surface area contributed by atoms with Gasteiger partial charge in [0.15, 0.2) is 5.82 Å². The molecule has 0 spiro atoms. The first-order chi connectivity index (χ1) is 9.35. The van der Waals surface area contributed by atoms with Gasteiger partial charge in [-0.05, 0) is 44.2 Å². The molecular weight excluding hydrogens is 238 g/mol. The molecule has 1 aliphatic rings. The second-order valence-electron chi connectivity index (χ2n) is 5.26. The van der Waals surface area contributed by atoms with Crippen LogP contribution in [-0.2, 0) is 11.2 Å². The van der Waals surface area contributed by atoms with Crippen LogP contribution in [0.15, 0.2) is 12.4 Å². The molecular formula is C15H25N3O. The number of aromatic nitrogens is 2. The molecule has 106 valence electrons. The molecule has 0 saturated heterocycles. The summed E-state index contributed by atoms with van der Waals surface area (Å²) >= 11 is 0. The summed E-state index contributed by atoms with van der Waals surface area (Å²) in [5.41, 5.74) is 6.64. The van der Waals surface area contributed by atoms with Gasteiger partial charge in [0, 0.05) is 19.0 Å². The Kier molecular flexibility index (Phi) is 5.73. The monoisotopic (exact) mass is 263 g/mol. The van der Waals surface area contributed by atoms with Crippen LogP contribution in [-0.4, -0.2) is 23.1 Å². The van der Waals surface area contributed by atoms with E-state index in [0.717, 1.165) is 24.4 Å². The lowest BCUT2D eigenvalue weighted by atomic mass is 9.85. The van der Waals surface area contributed by atoms with Crippen molar-refractivity contribution in [2.24, 2.45) is 11.7 Å². The summed E-state index contributed by atoms with van der Waals surface area (Å²) in [7, 11) is 0. The zero-order valence-corrected chi connectivity index (χ0v) is 11.8. The Hall–Kier alpha value is -1.00. The van der Waals surface area contributed by atoms with Gasteiger partial charge in [0.2, 0.25) is 0 Å². The van der Waals surface area contributed by atoms with Crippen LogP contribution in [0.25, 0.3) is 0 Å². The molecule has 1 fully saturated rings. The van der Waals surface area contributed by atoms with Crippen molar-refractivity contribution < 1.29 is 4.74 Å². The number of nitrogens with two attached hydrogens (primary N) is 1. The van der Waals surface area contributed by atoms with E-state index in [1.165, 1.54) is 32.1 Å². The Bertz CT molecular complexity index is 360. The number of hydrogen-bond acceptors (Lipinski definition) is 4. The highest BCUT2D eigenvalue weighted by Crippen LogP contribution is 2.35. The van der Waals surface area contributed by atoms with Crippen LogP contribution in [0.4, 0.5) is 0 Å². The molecule has 1 heterocycles. The average Bonchev–Trinajstić information content (AvgIpc) is 2.47. The summed E-state index contributed by atoms with van der Waals surface area (Å²) in [4.78, 5) is 9.00. The van der Waals surface area contributed by atoms with Gasteiger partial charge < -0.3 is 10.5 Å². The van der Waals surface area contributed by atoms with Crippen molar-refractivity contribution in [2.75, 3.05) is 13.2 Å². The molecule has 0 amide bonds. The SMILES string of the molecule is CCOC(c1ncc(CCN)cn1)C1CCCCC1. The molecule has 0 bridgehead atoms. The maximum absolute atomic E-state index is 5.92. The molecule has 4 heteroatoms. The van der Waals surface area contributed by atoms with Gasteiger partial charge in [-0.1, -0.05) is 19.3 Å². The summed E-state index contributed by atoms with van der Waals surface area (Å²) in [6.07, 6.45) is 11.1. The van der Waals surface area contributed by atoms with Crippen molar-refractivity contribution in [2.45, 2.75) is 51.6 Å². The smallest absolute Gasteiger partial charge is 0.157 e. The quantitative estimate of drug-likeness (QED) is 0.857. The molecule has 4 nitrogen and oxygen atoms in total. The fraction of sp³-hybridized carbons (Fsp3) is 0.733. The van der Waals surface area contributed by atoms with Crippen LogP contribution in [0.3, 0.4) is 0 Å². The molecule has 0 aliphatic heterocycles. The zero-order chi connectivity index (χ0) is 13.5. The van der Waals surface area contributed by atoms with E-state index >= 15 is 0 Å². The minimum Gasteiger partial charge on any atom is -0.370 e. The third-order valence-corrected chi connectivity index (χ3v) is 3.84. The Morgan fingerprint density at radius 3 is 2.53 bits per heavy atom. The second kappa shape index (κ2) is 7.56. The van der Waals surface area contributed by atoms with Crippen LogP contribution in [0, 0.1) is 5.92 Å². The first-order valence-corrected chi connectivity index (χ1v) is 7.47. The van der Waals surface area contributed by atoms with Crippen molar-refractivity contribution in [1.82, 2.24) is 9.97 Å². The molecule has 1 aliphatic carbocycles. The maximum Gasteiger partial charge on any atom is 0.157 e. The van der Waals surface area contributed by atoms with Gasteiger partial charge in [0.1, 0.15) is 6.10 Å². The van der Waals surface area contributed by atoms with E-state index in [2.05, 4.69) is 9.97 Å². The van der Waals surface area contributed by atoms with Crippen molar-refractivity contribution in [1.29, 1.82) is 0 Å². The Morgan fingerprint density at radius 1 is 1.26 bits per heavy atom. The van der Waals surface area contributed by atoms with Crippen molar-refractivity contribution in [3.05, 3.63) is 23.8 Å². The summed E-state index contributed by atoms with van der Waals surface area (Å²) in [6, 6.07) is 0. The van der Waals surface area contributed by atoms with Gasteiger partial charge >= 0.3 is 0 Å². The minimum absolute atomic E-state index is 0.0669. The van der Waals surface area contributed by atoms with E-state index in [-0.39, 0.29) is 6.10 Å². The van der Waals surface area contributed by atoms with Gasteiger partial charge in [-0.2, -0.15) is 0 Å². The van der Waals surface area contributed by atoms with Gasteiger partial charge in [-0.3, -0.25) is 0 Å². The highest BCUT2D eigenvalue weighted by molar-refractivity contribution is 5.07. The van der Waals surface area contributed by atoms with Crippen LogP contribution < -0.4 is 5.73 Å². The summed E-state index contributed by atoms with van der Waals surface area (Å²) in [5.74, 6) is 1.42. The molecule has 2 N–H and O–H groups in total. The minimum atomic E-state index is 0.0669. The number of ether oxygens (including phenoxy) is 1. The van der Waals surface area contributed by atoms with Crippen molar-refractivity contribution in [3.63, 3.8) is 0 Å². The van der Waals surface area contributed by atoms with Crippen LogP contribution >= 0.6 is 0 Å². The van der Waals surface area contributed by atoms with Gasteiger partial charge in [0.05, 0.1) is 0 Å². The Morgan fingerprint density at radius 2 is 1.95 bits per heavy atom. The first kappa shape index (κ1) is 14.4.